The molecule has 0 spiro atoms. The molecule has 1 atom stereocenters. The van der Waals surface area contributed by atoms with Gasteiger partial charge in [-0.1, -0.05) is 30.3 Å². The maximum absolute atomic E-state index is 13.2. The molecule has 1 amide bonds. The number of hydrogen-bond donors (Lipinski definition) is 1. The molecule has 0 radical (unpaired) electrons. The molecule has 0 bridgehead atoms. The summed E-state index contributed by atoms with van der Waals surface area (Å²) >= 11 is 0. The highest BCUT2D eigenvalue weighted by Crippen LogP contribution is 2.32. The van der Waals surface area contributed by atoms with E-state index in [0.29, 0.717) is 28.9 Å². The molecule has 28 heavy (non-hydrogen) atoms. The molecule has 1 aliphatic rings. The Bertz CT molecular complexity index is 885. The van der Waals surface area contributed by atoms with Crippen LogP contribution in [0.15, 0.2) is 30.3 Å². The quantitative estimate of drug-likeness (QED) is 0.485. The van der Waals surface area contributed by atoms with Crippen LogP contribution in [0, 0.1) is 6.92 Å². The van der Waals surface area contributed by atoms with Crippen LogP contribution in [0.1, 0.15) is 59.7 Å². The Morgan fingerprint density at radius 3 is 2.54 bits per heavy atom. The Morgan fingerprint density at radius 1 is 1.18 bits per heavy atom. The first-order chi connectivity index (χ1) is 13.5. The number of aromatic amines is 1. The summed E-state index contributed by atoms with van der Waals surface area (Å²) in [6.07, 6.45) is 2.85. The molecule has 2 heterocycles. The van der Waals surface area contributed by atoms with Gasteiger partial charge in [-0.15, -0.1) is 0 Å². The molecular formula is C22H26N2O4. The lowest BCUT2D eigenvalue weighted by Crippen LogP contribution is -2.45. The molecular weight excluding hydrogens is 356 g/mol. The summed E-state index contributed by atoms with van der Waals surface area (Å²) in [6, 6.07) is 9.18. The molecule has 3 rings (SSSR count). The Morgan fingerprint density at radius 2 is 1.89 bits per heavy atom. The number of ether oxygens (including phenoxy) is 1. The molecule has 148 valence electrons. The summed E-state index contributed by atoms with van der Waals surface area (Å²) < 4.78 is 5.19. The van der Waals surface area contributed by atoms with Crippen LogP contribution in [0.2, 0.25) is 0 Å². The number of aryl methyl sites for hydroxylation is 1. The van der Waals surface area contributed by atoms with Crippen molar-refractivity contribution in [2.24, 2.45) is 0 Å². The van der Waals surface area contributed by atoms with Gasteiger partial charge in [0, 0.05) is 23.8 Å². The first-order valence-corrected chi connectivity index (χ1v) is 9.76. The van der Waals surface area contributed by atoms with E-state index in [2.05, 4.69) is 4.98 Å². The van der Waals surface area contributed by atoms with Crippen molar-refractivity contribution in [3.63, 3.8) is 0 Å². The van der Waals surface area contributed by atoms with Gasteiger partial charge in [0.05, 0.1) is 12.2 Å². The number of H-pyrrole nitrogens is 1. The molecule has 2 aromatic rings. The largest absolute Gasteiger partial charge is 0.462 e. The van der Waals surface area contributed by atoms with E-state index in [4.69, 9.17) is 4.74 Å². The Labute approximate surface area is 164 Å². The number of benzene rings is 1. The molecule has 6 heteroatoms. The average Bonchev–Trinajstić information content (AvgIpc) is 3.05. The van der Waals surface area contributed by atoms with Crippen molar-refractivity contribution in [1.82, 2.24) is 9.88 Å². The normalized spacial score (nSPS) is 16.7. The maximum atomic E-state index is 13.2. The van der Waals surface area contributed by atoms with E-state index in [-0.39, 0.29) is 18.3 Å². The third kappa shape index (κ3) is 3.72. The van der Waals surface area contributed by atoms with Crippen LogP contribution in [0.4, 0.5) is 0 Å². The molecule has 1 aromatic heterocycles. The monoisotopic (exact) mass is 382 g/mol. The number of Topliss-reactive ketones (excluding diaryl/α,β-unsaturated/α-hetero) is 1. The summed E-state index contributed by atoms with van der Waals surface area (Å²) in [5.41, 5.74) is 2.09. The van der Waals surface area contributed by atoms with Crippen molar-refractivity contribution >= 4 is 17.7 Å². The molecule has 0 saturated carbocycles. The van der Waals surface area contributed by atoms with Gasteiger partial charge < -0.3 is 14.6 Å². The Hall–Kier alpha value is -2.89. The third-order valence-electron chi connectivity index (χ3n) is 5.21. The van der Waals surface area contributed by atoms with Crippen LogP contribution in [-0.4, -0.2) is 46.7 Å². The second kappa shape index (κ2) is 8.42. The topological polar surface area (TPSA) is 79.5 Å². The van der Waals surface area contributed by atoms with Gasteiger partial charge in [-0.3, -0.25) is 9.59 Å². The number of hydrogen-bond acceptors (Lipinski definition) is 4. The summed E-state index contributed by atoms with van der Waals surface area (Å²) in [7, 11) is 0. The minimum Gasteiger partial charge on any atom is -0.462 e. The fourth-order valence-electron chi connectivity index (χ4n) is 3.78. The molecule has 0 unspecified atom stereocenters. The standard InChI is InChI=1S/C22H26N2O4/c1-4-28-22(27)17-15(3)23-19(18(17)16-11-6-5-7-12-16)20(25)21(26)24-13-9-8-10-14(24)2/h5-7,11-12,14,23H,4,8-10,13H2,1-3H3/t14-/m0/s1. The van der Waals surface area contributed by atoms with Crippen molar-refractivity contribution in [2.45, 2.75) is 46.1 Å². The number of ketones is 1. The summed E-state index contributed by atoms with van der Waals surface area (Å²) in [6.45, 7) is 6.22. The Balaban J connectivity index is 2.07. The zero-order valence-corrected chi connectivity index (χ0v) is 16.6. The van der Waals surface area contributed by atoms with E-state index in [1.165, 1.54) is 0 Å². The second-order valence-corrected chi connectivity index (χ2v) is 7.13. The summed E-state index contributed by atoms with van der Waals surface area (Å²) in [4.78, 5) is 43.3. The highest BCUT2D eigenvalue weighted by atomic mass is 16.5. The number of carbonyl (C=O) groups excluding carboxylic acids is 3. The smallest absolute Gasteiger partial charge is 0.340 e. The number of nitrogens with zero attached hydrogens (tertiary/aromatic N) is 1. The SMILES string of the molecule is CCOC(=O)c1c(C)[nH]c(C(=O)C(=O)N2CCCC[C@@H]2C)c1-c1ccccc1. The van der Waals surface area contributed by atoms with E-state index in [0.717, 1.165) is 19.3 Å². The fraction of sp³-hybridized carbons (Fsp3) is 0.409. The zero-order valence-electron chi connectivity index (χ0n) is 16.6. The molecule has 1 fully saturated rings. The van der Waals surface area contributed by atoms with Gasteiger partial charge in [-0.2, -0.15) is 0 Å². The molecule has 1 N–H and O–H groups in total. The van der Waals surface area contributed by atoms with Gasteiger partial charge in [0.1, 0.15) is 5.69 Å². The first-order valence-electron chi connectivity index (χ1n) is 9.76. The highest BCUT2D eigenvalue weighted by Gasteiger charge is 2.34. The summed E-state index contributed by atoms with van der Waals surface area (Å²) in [5, 5.41) is 0. The average molecular weight is 382 g/mol. The van der Waals surface area contributed by atoms with E-state index < -0.39 is 17.7 Å². The van der Waals surface area contributed by atoms with Crippen LogP contribution < -0.4 is 0 Å². The van der Waals surface area contributed by atoms with Crippen LogP contribution in [0.25, 0.3) is 11.1 Å². The minimum atomic E-state index is -0.619. The van der Waals surface area contributed by atoms with Crippen molar-refractivity contribution in [3.8, 4) is 11.1 Å². The van der Waals surface area contributed by atoms with Crippen LogP contribution in [0.5, 0.6) is 0 Å². The Kier molecular flexibility index (Phi) is 5.97. The van der Waals surface area contributed by atoms with E-state index in [1.54, 1.807) is 18.7 Å². The number of likely N-dealkylation sites (tertiary alicyclic amines) is 1. The first kappa shape index (κ1) is 19.9. The molecule has 1 aliphatic heterocycles. The number of esters is 1. The van der Waals surface area contributed by atoms with Crippen molar-refractivity contribution in [3.05, 3.63) is 47.3 Å². The number of nitrogens with one attached hydrogen (secondary N) is 1. The van der Waals surface area contributed by atoms with E-state index in [9.17, 15) is 14.4 Å². The third-order valence-corrected chi connectivity index (χ3v) is 5.21. The van der Waals surface area contributed by atoms with Gasteiger partial charge >= 0.3 is 5.97 Å². The lowest BCUT2D eigenvalue weighted by atomic mass is 9.97. The molecule has 6 nitrogen and oxygen atoms in total. The number of aromatic nitrogens is 1. The summed E-state index contributed by atoms with van der Waals surface area (Å²) in [5.74, 6) is -1.65. The molecule has 1 saturated heterocycles. The number of rotatable bonds is 5. The number of piperidine rings is 1. The van der Waals surface area contributed by atoms with E-state index >= 15 is 0 Å². The van der Waals surface area contributed by atoms with Crippen molar-refractivity contribution in [1.29, 1.82) is 0 Å². The molecule has 0 aliphatic carbocycles. The van der Waals surface area contributed by atoms with Gasteiger partial charge in [-0.25, -0.2) is 4.79 Å². The van der Waals surface area contributed by atoms with Gasteiger partial charge in [0.2, 0.25) is 0 Å². The van der Waals surface area contributed by atoms with Crippen LogP contribution in [0.3, 0.4) is 0 Å². The minimum absolute atomic E-state index is 0.0333. The lowest BCUT2D eigenvalue weighted by molar-refractivity contribution is -0.129. The second-order valence-electron chi connectivity index (χ2n) is 7.13. The number of carbonyl (C=O) groups is 3. The predicted octanol–water partition coefficient (Wildman–Crippen LogP) is 3.75. The van der Waals surface area contributed by atoms with Gasteiger partial charge in [0.15, 0.2) is 0 Å². The van der Waals surface area contributed by atoms with Gasteiger partial charge in [0.25, 0.3) is 11.7 Å². The maximum Gasteiger partial charge on any atom is 0.340 e. The fourth-order valence-corrected chi connectivity index (χ4v) is 3.78. The lowest BCUT2D eigenvalue weighted by Gasteiger charge is -2.32. The number of amides is 1. The van der Waals surface area contributed by atoms with Crippen molar-refractivity contribution in [2.75, 3.05) is 13.2 Å². The highest BCUT2D eigenvalue weighted by molar-refractivity contribution is 6.43. The van der Waals surface area contributed by atoms with Gasteiger partial charge in [-0.05, 0) is 45.6 Å². The van der Waals surface area contributed by atoms with Crippen LogP contribution >= 0.6 is 0 Å². The molecule has 1 aromatic carbocycles. The van der Waals surface area contributed by atoms with Crippen molar-refractivity contribution < 1.29 is 19.1 Å². The predicted molar refractivity (Wildman–Crippen MR) is 106 cm³/mol. The van der Waals surface area contributed by atoms with E-state index in [1.807, 2.05) is 37.3 Å². The van der Waals surface area contributed by atoms with Crippen LogP contribution in [-0.2, 0) is 9.53 Å². The zero-order chi connectivity index (χ0) is 20.3.